The van der Waals surface area contributed by atoms with Gasteiger partial charge in [-0.1, -0.05) is 25.6 Å². The first kappa shape index (κ1) is 18.5. The van der Waals surface area contributed by atoms with E-state index in [0.29, 0.717) is 22.7 Å². The number of furan rings is 1. The fourth-order valence-corrected chi connectivity index (χ4v) is 3.60. The molecule has 2 aromatic rings. The summed E-state index contributed by atoms with van der Waals surface area (Å²) in [6.07, 6.45) is 3.59. The van der Waals surface area contributed by atoms with Crippen LogP contribution in [0.2, 0.25) is 0 Å². The van der Waals surface area contributed by atoms with Gasteiger partial charge in [0, 0.05) is 6.54 Å². The van der Waals surface area contributed by atoms with Crippen LogP contribution in [0.25, 0.3) is 11.6 Å². The van der Waals surface area contributed by atoms with Crippen LogP contribution in [0, 0.1) is 23.2 Å². The number of hydrogen-bond donors (Lipinski definition) is 1. The highest BCUT2D eigenvalue weighted by atomic mass is 32.2. The number of aromatic nitrogens is 3. The highest BCUT2D eigenvalue weighted by molar-refractivity contribution is 7.99. The van der Waals surface area contributed by atoms with E-state index in [9.17, 15) is 10.1 Å². The normalized spacial score (nSPS) is 16.3. The van der Waals surface area contributed by atoms with Crippen LogP contribution in [0.1, 0.15) is 33.6 Å². The van der Waals surface area contributed by atoms with Crippen LogP contribution in [0.15, 0.2) is 28.0 Å². The molecule has 2 heterocycles. The standard InChI is InChI=1S/C18H23N5O2S/c1-12(2)9-23-16(14-5-4-8-25-14)21-22-17(23)26-10-15(24)20-18(3,11-19)13-6-7-13/h4-5,8,12-13H,6-7,9-10H2,1-3H3,(H,20,24). The number of carbonyl (C=O) groups is 1. The summed E-state index contributed by atoms with van der Waals surface area (Å²) in [5.41, 5.74) is -0.775. The van der Waals surface area contributed by atoms with Gasteiger partial charge in [-0.3, -0.25) is 9.36 Å². The Morgan fingerprint density at radius 1 is 1.54 bits per heavy atom. The molecule has 1 atom stereocenters. The molecule has 1 fully saturated rings. The van der Waals surface area contributed by atoms with Crippen molar-refractivity contribution < 1.29 is 9.21 Å². The molecule has 1 unspecified atom stereocenters. The van der Waals surface area contributed by atoms with Gasteiger partial charge >= 0.3 is 0 Å². The highest BCUT2D eigenvalue weighted by Gasteiger charge is 2.43. The minimum Gasteiger partial charge on any atom is -0.461 e. The molecule has 2 aromatic heterocycles. The quantitative estimate of drug-likeness (QED) is 0.714. The zero-order valence-electron chi connectivity index (χ0n) is 15.2. The van der Waals surface area contributed by atoms with Gasteiger partial charge in [0.1, 0.15) is 5.54 Å². The summed E-state index contributed by atoms with van der Waals surface area (Å²) in [6.45, 7) is 6.75. The molecular weight excluding hydrogens is 350 g/mol. The topological polar surface area (TPSA) is 96.7 Å². The molecule has 0 spiro atoms. The molecule has 0 aliphatic heterocycles. The SMILES string of the molecule is CC(C)Cn1c(SCC(=O)NC(C)(C#N)C2CC2)nnc1-c1ccco1. The van der Waals surface area contributed by atoms with Crippen LogP contribution in [0.4, 0.5) is 0 Å². The van der Waals surface area contributed by atoms with Crippen molar-refractivity contribution in [1.29, 1.82) is 5.26 Å². The zero-order valence-corrected chi connectivity index (χ0v) is 16.0. The van der Waals surface area contributed by atoms with Gasteiger partial charge in [-0.15, -0.1) is 10.2 Å². The third-order valence-electron chi connectivity index (χ3n) is 4.36. The highest BCUT2D eigenvalue weighted by Crippen LogP contribution is 2.39. The van der Waals surface area contributed by atoms with Gasteiger partial charge < -0.3 is 9.73 Å². The lowest BCUT2D eigenvalue weighted by molar-refractivity contribution is -0.119. The summed E-state index contributed by atoms with van der Waals surface area (Å²) in [5.74, 6) is 2.00. The summed E-state index contributed by atoms with van der Waals surface area (Å²) in [4.78, 5) is 12.3. The van der Waals surface area contributed by atoms with Gasteiger partial charge in [-0.2, -0.15) is 5.26 Å². The van der Waals surface area contributed by atoms with E-state index in [-0.39, 0.29) is 17.6 Å². The number of carbonyl (C=O) groups excluding carboxylic acids is 1. The lowest BCUT2D eigenvalue weighted by atomic mass is 9.98. The number of nitriles is 1. The summed E-state index contributed by atoms with van der Waals surface area (Å²) in [5, 5.41) is 21.4. The Hall–Kier alpha value is -2.27. The van der Waals surface area contributed by atoms with E-state index in [4.69, 9.17) is 4.42 Å². The molecule has 26 heavy (non-hydrogen) atoms. The minimum absolute atomic E-state index is 0.162. The Balaban J connectivity index is 1.69. The van der Waals surface area contributed by atoms with Crippen molar-refractivity contribution in [2.24, 2.45) is 11.8 Å². The second kappa shape index (κ2) is 7.54. The van der Waals surface area contributed by atoms with Crippen molar-refractivity contribution in [3.63, 3.8) is 0 Å². The van der Waals surface area contributed by atoms with Gasteiger partial charge in [-0.25, -0.2) is 0 Å². The monoisotopic (exact) mass is 373 g/mol. The third kappa shape index (κ3) is 4.10. The summed E-state index contributed by atoms with van der Waals surface area (Å²) in [6, 6.07) is 5.90. The van der Waals surface area contributed by atoms with E-state index < -0.39 is 5.54 Å². The number of thioether (sulfide) groups is 1. The maximum absolute atomic E-state index is 12.3. The molecule has 1 amide bonds. The number of hydrogen-bond acceptors (Lipinski definition) is 6. The van der Waals surface area contributed by atoms with Gasteiger partial charge in [0.2, 0.25) is 5.91 Å². The number of amides is 1. The van der Waals surface area contributed by atoms with Crippen LogP contribution in [-0.4, -0.2) is 32.0 Å². The Morgan fingerprint density at radius 3 is 2.88 bits per heavy atom. The molecule has 7 nitrogen and oxygen atoms in total. The van der Waals surface area contributed by atoms with Crippen LogP contribution >= 0.6 is 11.8 Å². The Morgan fingerprint density at radius 2 is 2.31 bits per heavy atom. The summed E-state index contributed by atoms with van der Waals surface area (Å²) < 4.78 is 7.42. The molecule has 1 aliphatic rings. The van der Waals surface area contributed by atoms with E-state index >= 15 is 0 Å². The predicted molar refractivity (Wildman–Crippen MR) is 98.2 cm³/mol. The predicted octanol–water partition coefficient (Wildman–Crippen LogP) is 3.09. The molecule has 3 rings (SSSR count). The van der Waals surface area contributed by atoms with E-state index in [0.717, 1.165) is 19.4 Å². The van der Waals surface area contributed by atoms with Gasteiger partial charge in [0.25, 0.3) is 0 Å². The van der Waals surface area contributed by atoms with E-state index in [2.05, 4.69) is 35.4 Å². The summed E-state index contributed by atoms with van der Waals surface area (Å²) >= 11 is 1.32. The maximum atomic E-state index is 12.3. The Kier molecular flexibility index (Phi) is 5.37. The molecule has 138 valence electrons. The Labute approximate surface area is 157 Å². The largest absolute Gasteiger partial charge is 0.461 e. The van der Waals surface area contributed by atoms with Gasteiger partial charge in [-0.05, 0) is 43.7 Å². The van der Waals surface area contributed by atoms with E-state index in [1.165, 1.54) is 11.8 Å². The Bertz CT molecular complexity index is 804. The van der Waals surface area contributed by atoms with Crippen LogP contribution in [0.5, 0.6) is 0 Å². The van der Waals surface area contributed by atoms with Crippen LogP contribution < -0.4 is 5.32 Å². The first-order valence-corrected chi connectivity index (χ1v) is 9.73. The maximum Gasteiger partial charge on any atom is 0.231 e. The molecule has 8 heteroatoms. The molecule has 1 N–H and O–H groups in total. The second-order valence-electron chi connectivity index (χ2n) is 7.21. The van der Waals surface area contributed by atoms with Gasteiger partial charge in [0.05, 0.1) is 18.1 Å². The van der Waals surface area contributed by atoms with Crippen molar-refractivity contribution in [1.82, 2.24) is 20.1 Å². The fraction of sp³-hybridized carbons (Fsp3) is 0.556. The number of nitrogens with one attached hydrogen (secondary N) is 1. The number of nitrogens with zero attached hydrogens (tertiary/aromatic N) is 4. The van der Waals surface area contributed by atoms with Crippen molar-refractivity contribution in [3.05, 3.63) is 18.4 Å². The van der Waals surface area contributed by atoms with E-state index in [1.807, 2.05) is 16.7 Å². The summed E-state index contributed by atoms with van der Waals surface area (Å²) in [7, 11) is 0. The van der Waals surface area contributed by atoms with Crippen molar-refractivity contribution >= 4 is 17.7 Å². The lowest BCUT2D eigenvalue weighted by Gasteiger charge is -2.22. The average Bonchev–Trinajstić information content (AvgIpc) is 3.19. The molecule has 0 radical (unpaired) electrons. The molecular formula is C18H23N5O2S. The van der Waals surface area contributed by atoms with Gasteiger partial charge in [0.15, 0.2) is 16.7 Å². The molecule has 1 saturated carbocycles. The fourth-order valence-electron chi connectivity index (χ4n) is 2.85. The number of rotatable bonds is 8. The van der Waals surface area contributed by atoms with Crippen molar-refractivity contribution in [2.75, 3.05) is 5.75 Å². The first-order valence-electron chi connectivity index (χ1n) is 8.75. The lowest BCUT2D eigenvalue weighted by Crippen LogP contribution is -2.47. The third-order valence-corrected chi connectivity index (χ3v) is 5.33. The van der Waals surface area contributed by atoms with Crippen molar-refractivity contribution in [2.45, 2.75) is 50.9 Å². The molecule has 0 saturated heterocycles. The van der Waals surface area contributed by atoms with Crippen LogP contribution in [-0.2, 0) is 11.3 Å². The molecule has 1 aliphatic carbocycles. The minimum atomic E-state index is -0.775. The molecule has 0 aromatic carbocycles. The second-order valence-corrected chi connectivity index (χ2v) is 8.16. The van der Waals surface area contributed by atoms with Crippen molar-refractivity contribution in [3.8, 4) is 17.7 Å². The molecule has 0 bridgehead atoms. The van der Waals surface area contributed by atoms with E-state index in [1.54, 1.807) is 13.2 Å². The smallest absolute Gasteiger partial charge is 0.231 e. The average molecular weight is 373 g/mol. The van der Waals surface area contributed by atoms with Crippen LogP contribution in [0.3, 0.4) is 0 Å². The first-order chi connectivity index (χ1) is 12.4. The zero-order chi connectivity index (χ0) is 18.7.